The predicted molar refractivity (Wildman–Crippen MR) is 59.7 cm³/mol. The zero-order valence-corrected chi connectivity index (χ0v) is 10.1. The molecule has 0 radical (unpaired) electrons. The number of carboxylic acid groups (broad SMARTS) is 1. The van der Waals surface area contributed by atoms with Gasteiger partial charge in [0.1, 0.15) is 6.54 Å². The minimum absolute atomic E-state index is 0.351. The van der Waals surface area contributed by atoms with Crippen LogP contribution < -0.4 is 5.32 Å². The van der Waals surface area contributed by atoms with Gasteiger partial charge in [-0.15, -0.1) is 0 Å². The molecule has 0 bridgehead atoms. The molecule has 0 atom stereocenters. The number of carboxylic acids is 1. The second-order valence-corrected chi connectivity index (χ2v) is 3.91. The van der Waals surface area contributed by atoms with E-state index in [9.17, 15) is 22.8 Å². The molecule has 1 heterocycles. The summed E-state index contributed by atoms with van der Waals surface area (Å²) in [5.41, 5.74) is -2.13. The van der Waals surface area contributed by atoms with Crippen molar-refractivity contribution in [1.82, 2.24) is 9.88 Å². The van der Waals surface area contributed by atoms with Crippen LogP contribution in [-0.2, 0) is 17.5 Å². The van der Waals surface area contributed by atoms with Gasteiger partial charge in [-0.25, -0.2) is 4.79 Å². The quantitative estimate of drug-likeness (QED) is 0.861. The van der Waals surface area contributed by atoms with E-state index < -0.39 is 29.2 Å². The number of rotatable bonds is 5. The van der Waals surface area contributed by atoms with E-state index >= 15 is 0 Å². The number of aromatic nitrogens is 1. The van der Waals surface area contributed by atoms with Gasteiger partial charge in [0.2, 0.25) is 5.91 Å². The Balaban J connectivity index is 2.93. The van der Waals surface area contributed by atoms with Crippen LogP contribution in [0, 0.1) is 0 Å². The number of halogens is 3. The Labute approximate surface area is 107 Å². The number of aromatic carboxylic acids is 1. The highest BCUT2D eigenvalue weighted by molar-refractivity contribution is 5.89. The fourth-order valence-electron chi connectivity index (χ4n) is 1.48. The first-order valence-electron chi connectivity index (χ1n) is 5.52. The first-order valence-corrected chi connectivity index (χ1v) is 5.52. The van der Waals surface area contributed by atoms with Gasteiger partial charge in [-0.2, -0.15) is 13.2 Å². The zero-order valence-electron chi connectivity index (χ0n) is 10.1. The van der Waals surface area contributed by atoms with Gasteiger partial charge in [0.25, 0.3) is 0 Å². The first-order chi connectivity index (χ1) is 8.75. The summed E-state index contributed by atoms with van der Waals surface area (Å²) >= 11 is 0. The van der Waals surface area contributed by atoms with Crippen LogP contribution in [-0.4, -0.2) is 28.1 Å². The van der Waals surface area contributed by atoms with E-state index in [1.807, 2.05) is 6.92 Å². The minimum Gasteiger partial charge on any atom is -0.478 e. The molecular formula is C11H13F3N2O3. The molecule has 5 nitrogen and oxygen atoms in total. The molecule has 1 aromatic heterocycles. The topological polar surface area (TPSA) is 71.3 Å². The number of carbonyl (C=O) groups excluding carboxylic acids is 1. The SMILES string of the molecule is CCCNC(=O)Cn1cc(C(=O)O)c(C(F)(F)F)c1. The predicted octanol–water partition coefficient (Wildman–Crippen LogP) is 1.73. The summed E-state index contributed by atoms with van der Waals surface area (Å²) in [6.45, 7) is 1.90. The minimum atomic E-state index is -4.77. The third-order valence-corrected chi connectivity index (χ3v) is 2.31. The van der Waals surface area contributed by atoms with Crippen LogP contribution in [0.5, 0.6) is 0 Å². The highest BCUT2D eigenvalue weighted by Gasteiger charge is 2.37. The van der Waals surface area contributed by atoms with E-state index in [1.54, 1.807) is 0 Å². The maximum absolute atomic E-state index is 12.6. The molecule has 0 aromatic carbocycles. The molecule has 0 saturated heterocycles. The Kier molecular flexibility index (Phi) is 4.57. The normalized spacial score (nSPS) is 11.4. The smallest absolute Gasteiger partial charge is 0.418 e. The summed E-state index contributed by atoms with van der Waals surface area (Å²) in [7, 11) is 0. The van der Waals surface area contributed by atoms with Gasteiger partial charge >= 0.3 is 12.1 Å². The van der Waals surface area contributed by atoms with Crippen molar-refractivity contribution in [3.8, 4) is 0 Å². The number of alkyl halides is 3. The summed E-state index contributed by atoms with van der Waals surface area (Å²) in [4.78, 5) is 22.1. The molecule has 0 spiro atoms. The number of hydrogen-bond acceptors (Lipinski definition) is 2. The molecule has 0 aliphatic rings. The molecule has 0 fully saturated rings. The van der Waals surface area contributed by atoms with E-state index in [4.69, 9.17) is 5.11 Å². The van der Waals surface area contributed by atoms with Crippen molar-refractivity contribution in [2.75, 3.05) is 6.54 Å². The molecule has 1 amide bonds. The van der Waals surface area contributed by atoms with Crippen LogP contribution in [0.3, 0.4) is 0 Å². The van der Waals surface area contributed by atoms with E-state index in [-0.39, 0.29) is 6.54 Å². The van der Waals surface area contributed by atoms with Crippen molar-refractivity contribution in [1.29, 1.82) is 0 Å². The summed E-state index contributed by atoms with van der Waals surface area (Å²) < 4.78 is 38.7. The molecule has 19 heavy (non-hydrogen) atoms. The fraction of sp³-hybridized carbons (Fsp3) is 0.455. The Morgan fingerprint density at radius 1 is 1.37 bits per heavy atom. The maximum Gasteiger partial charge on any atom is 0.418 e. The van der Waals surface area contributed by atoms with Crippen molar-refractivity contribution < 1.29 is 27.9 Å². The van der Waals surface area contributed by atoms with Gasteiger partial charge < -0.3 is 15.0 Å². The summed E-state index contributed by atoms with van der Waals surface area (Å²) in [5, 5.41) is 11.2. The lowest BCUT2D eigenvalue weighted by molar-refractivity contribution is -0.138. The Morgan fingerprint density at radius 2 is 2.00 bits per heavy atom. The summed E-state index contributed by atoms with van der Waals surface area (Å²) in [5.74, 6) is -2.15. The Hall–Kier alpha value is -1.99. The number of carbonyl (C=O) groups is 2. The molecule has 0 saturated carbocycles. The number of amides is 1. The van der Waals surface area contributed by atoms with Crippen molar-refractivity contribution in [3.63, 3.8) is 0 Å². The maximum atomic E-state index is 12.6. The second-order valence-electron chi connectivity index (χ2n) is 3.91. The fourth-order valence-corrected chi connectivity index (χ4v) is 1.48. The molecule has 0 unspecified atom stereocenters. The zero-order chi connectivity index (χ0) is 14.6. The lowest BCUT2D eigenvalue weighted by Gasteiger charge is -2.05. The van der Waals surface area contributed by atoms with Crippen LogP contribution in [0.1, 0.15) is 29.3 Å². The second kappa shape index (κ2) is 5.77. The highest BCUT2D eigenvalue weighted by Crippen LogP contribution is 2.32. The molecule has 106 valence electrons. The van der Waals surface area contributed by atoms with Crippen LogP contribution in [0.25, 0.3) is 0 Å². The van der Waals surface area contributed by atoms with Crippen molar-refractivity contribution >= 4 is 11.9 Å². The Morgan fingerprint density at radius 3 is 2.42 bits per heavy atom. The van der Waals surface area contributed by atoms with Gasteiger partial charge in [-0.3, -0.25) is 4.79 Å². The summed E-state index contributed by atoms with van der Waals surface area (Å²) in [6, 6.07) is 0. The van der Waals surface area contributed by atoms with Crippen molar-refractivity contribution in [2.24, 2.45) is 0 Å². The van der Waals surface area contributed by atoms with Gasteiger partial charge in [0, 0.05) is 18.9 Å². The van der Waals surface area contributed by atoms with Crippen LogP contribution >= 0.6 is 0 Å². The van der Waals surface area contributed by atoms with E-state index in [1.165, 1.54) is 0 Å². The van der Waals surface area contributed by atoms with Gasteiger partial charge in [0.15, 0.2) is 0 Å². The monoisotopic (exact) mass is 278 g/mol. The lowest BCUT2D eigenvalue weighted by Crippen LogP contribution is -2.27. The van der Waals surface area contributed by atoms with Gasteiger partial charge in [0.05, 0.1) is 11.1 Å². The third-order valence-electron chi connectivity index (χ3n) is 2.31. The van der Waals surface area contributed by atoms with Crippen LogP contribution in [0.4, 0.5) is 13.2 Å². The van der Waals surface area contributed by atoms with Crippen LogP contribution in [0.2, 0.25) is 0 Å². The lowest BCUT2D eigenvalue weighted by atomic mass is 10.2. The van der Waals surface area contributed by atoms with Crippen LogP contribution in [0.15, 0.2) is 12.4 Å². The molecule has 8 heteroatoms. The van der Waals surface area contributed by atoms with E-state index in [0.29, 0.717) is 19.2 Å². The van der Waals surface area contributed by atoms with E-state index in [0.717, 1.165) is 10.8 Å². The van der Waals surface area contributed by atoms with E-state index in [2.05, 4.69) is 5.32 Å². The average molecular weight is 278 g/mol. The molecule has 1 aromatic rings. The third kappa shape index (κ3) is 4.01. The largest absolute Gasteiger partial charge is 0.478 e. The Bertz CT molecular complexity index is 480. The highest BCUT2D eigenvalue weighted by atomic mass is 19.4. The molecular weight excluding hydrogens is 265 g/mol. The number of hydrogen-bond donors (Lipinski definition) is 2. The van der Waals surface area contributed by atoms with Gasteiger partial charge in [-0.05, 0) is 6.42 Å². The van der Waals surface area contributed by atoms with Gasteiger partial charge in [-0.1, -0.05) is 6.92 Å². The standard InChI is InChI=1S/C11H13F3N2O3/c1-2-3-15-9(17)6-16-4-7(10(18)19)8(5-16)11(12,13)14/h4-5H,2-3,6H2,1H3,(H,15,17)(H,18,19). The molecule has 1 rings (SSSR count). The first kappa shape index (κ1) is 15.1. The van der Waals surface area contributed by atoms with Crippen molar-refractivity contribution in [2.45, 2.75) is 26.1 Å². The van der Waals surface area contributed by atoms with Crippen molar-refractivity contribution in [3.05, 3.63) is 23.5 Å². The molecule has 0 aliphatic carbocycles. The molecule has 2 N–H and O–H groups in total. The molecule has 0 aliphatic heterocycles. The number of nitrogens with zero attached hydrogens (tertiary/aromatic N) is 1. The average Bonchev–Trinajstić information content (AvgIpc) is 2.70. The summed E-state index contributed by atoms with van der Waals surface area (Å²) in [6.07, 6.45) is -2.64. The number of nitrogens with one attached hydrogen (secondary N) is 1.